The Labute approximate surface area is 164 Å². The average Bonchev–Trinajstić information content (AvgIpc) is 3.45. The van der Waals surface area contributed by atoms with Gasteiger partial charge >= 0.3 is 6.61 Å². The van der Waals surface area contributed by atoms with Gasteiger partial charge in [0.05, 0.1) is 13.2 Å². The number of carbonyl (C=O) groups excluding carboxylic acids is 1. The molecule has 0 saturated heterocycles. The number of carbonyl (C=O) groups is 1. The number of aromatic nitrogens is 4. The van der Waals surface area contributed by atoms with Gasteiger partial charge in [-0.2, -0.15) is 8.78 Å². The van der Waals surface area contributed by atoms with Gasteiger partial charge in [0.25, 0.3) is 5.91 Å². The summed E-state index contributed by atoms with van der Waals surface area (Å²) in [5, 5.41) is 14.6. The molecule has 10 heteroatoms. The van der Waals surface area contributed by atoms with Crippen LogP contribution in [0.25, 0.3) is 11.4 Å². The molecular formula is C19H17F2N5O3. The van der Waals surface area contributed by atoms with Crippen molar-refractivity contribution in [3.05, 3.63) is 48.0 Å². The smallest absolute Gasteiger partial charge is 0.387 e. The Bertz CT molecular complexity index is 1020. The lowest BCUT2D eigenvalue weighted by Crippen LogP contribution is -2.12. The number of benzene rings is 2. The van der Waals surface area contributed by atoms with Gasteiger partial charge in [-0.25, -0.2) is 4.68 Å². The monoisotopic (exact) mass is 401 g/mol. The van der Waals surface area contributed by atoms with Gasteiger partial charge in [-0.1, -0.05) is 0 Å². The molecular weight excluding hydrogens is 384 g/mol. The summed E-state index contributed by atoms with van der Waals surface area (Å²) < 4.78 is 36.0. The van der Waals surface area contributed by atoms with E-state index in [-0.39, 0.29) is 17.1 Å². The van der Waals surface area contributed by atoms with Crippen molar-refractivity contribution in [1.29, 1.82) is 0 Å². The van der Waals surface area contributed by atoms with Crippen molar-refractivity contribution in [2.24, 2.45) is 0 Å². The van der Waals surface area contributed by atoms with Crippen LogP contribution in [0.15, 0.2) is 42.5 Å². The second-order valence-corrected chi connectivity index (χ2v) is 6.45. The number of alkyl halides is 2. The Balaban J connectivity index is 1.47. The largest absolute Gasteiger partial charge is 0.493 e. The Kier molecular flexibility index (Phi) is 5.07. The van der Waals surface area contributed by atoms with Crippen LogP contribution in [0.2, 0.25) is 0 Å². The van der Waals surface area contributed by atoms with Crippen LogP contribution >= 0.6 is 0 Å². The van der Waals surface area contributed by atoms with Gasteiger partial charge in [0.15, 0.2) is 17.3 Å². The Morgan fingerprint density at radius 3 is 2.59 bits per heavy atom. The topological polar surface area (TPSA) is 91.2 Å². The summed E-state index contributed by atoms with van der Waals surface area (Å²) in [7, 11) is 1.31. The lowest BCUT2D eigenvalue weighted by molar-refractivity contribution is -0.0512. The fraction of sp³-hybridized carbons (Fsp3) is 0.263. The third kappa shape index (κ3) is 4.15. The number of hydrogen-bond acceptors (Lipinski definition) is 6. The van der Waals surface area contributed by atoms with Crippen molar-refractivity contribution in [1.82, 2.24) is 20.2 Å². The van der Waals surface area contributed by atoms with E-state index in [0.29, 0.717) is 17.6 Å². The number of hydrogen-bond donors (Lipinski definition) is 1. The van der Waals surface area contributed by atoms with Crippen LogP contribution in [0, 0.1) is 0 Å². The number of rotatable bonds is 7. The van der Waals surface area contributed by atoms with Crippen LogP contribution in [0.4, 0.5) is 14.5 Å². The van der Waals surface area contributed by atoms with E-state index >= 15 is 0 Å². The molecule has 29 heavy (non-hydrogen) atoms. The minimum atomic E-state index is -2.98. The number of tetrazole rings is 1. The number of nitrogens with one attached hydrogen (secondary N) is 1. The van der Waals surface area contributed by atoms with E-state index < -0.39 is 12.5 Å². The molecule has 0 atom stereocenters. The quantitative estimate of drug-likeness (QED) is 0.651. The molecule has 0 aliphatic heterocycles. The summed E-state index contributed by atoms with van der Waals surface area (Å²) in [4.78, 5) is 12.5. The Morgan fingerprint density at radius 1 is 1.17 bits per heavy atom. The molecule has 0 bridgehead atoms. The fourth-order valence-electron chi connectivity index (χ4n) is 2.86. The first-order valence-corrected chi connectivity index (χ1v) is 8.87. The van der Waals surface area contributed by atoms with E-state index in [1.165, 1.54) is 25.3 Å². The van der Waals surface area contributed by atoms with Gasteiger partial charge in [0, 0.05) is 16.8 Å². The molecule has 4 rings (SSSR count). The number of anilines is 1. The van der Waals surface area contributed by atoms with Crippen LogP contribution in [0.5, 0.6) is 11.5 Å². The Hall–Kier alpha value is -3.56. The molecule has 1 heterocycles. The zero-order valence-electron chi connectivity index (χ0n) is 15.4. The zero-order valence-corrected chi connectivity index (χ0v) is 15.4. The fourth-order valence-corrected chi connectivity index (χ4v) is 2.86. The highest BCUT2D eigenvalue weighted by Crippen LogP contribution is 2.36. The molecule has 1 fully saturated rings. The summed E-state index contributed by atoms with van der Waals surface area (Å²) in [6, 6.07) is 11.5. The molecule has 1 aromatic heterocycles. The molecule has 150 valence electrons. The molecule has 0 spiro atoms. The standard InChI is InChI=1S/C19H17F2N5O3/c1-28-16-10-12(4-9-15(16)29-19(20)21)18(27)22-13-5-2-11(3-6-13)17-23-24-25-26(17)14-7-8-14/h2-6,9-10,14,19H,7-8H2,1H3,(H,22,27). The molecule has 1 aliphatic carbocycles. The van der Waals surface area contributed by atoms with E-state index in [2.05, 4.69) is 25.6 Å². The molecule has 1 N–H and O–H groups in total. The minimum absolute atomic E-state index is 0.0419. The first-order valence-electron chi connectivity index (χ1n) is 8.87. The minimum Gasteiger partial charge on any atom is -0.493 e. The first-order chi connectivity index (χ1) is 14.0. The molecule has 1 aliphatic rings. The van der Waals surface area contributed by atoms with Crippen molar-refractivity contribution in [3.8, 4) is 22.9 Å². The maximum absolute atomic E-state index is 12.5. The van der Waals surface area contributed by atoms with Crippen molar-refractivity contribution in [2.45, 2.75) is 25.5 Å². The average molecular weight is 401 g/mol. The summed E-state index contributed by atoms with van der Waals surface area (Å²) in [5.41, 5.74) is 1.65. The predicted octanol–water partition coefficient (Wildman–Crippen LogP) is 3.54. The third-order valence-electron chi connectivity index (χ3n) is 4.43. The second kappa shape index (κ2) is 7.82. The highest BCUT2D eigenvalue weighted by atomic mass is 19.3. The first kappa shape index (κ1) is 18.8. The number of nitrogens with zero attached hydrogens (tertiary/aromatic N) is 4. The molecule has 0 unspecified atom stereocenters. The Morgan fingerprint density at radius 2 is 1.93 bits per heavy atom. The summed E-state index contributed by atoms with van der Waals surface area (Å²) in [6.07, 6.45) is 2.13. The maximum Gasteiger partial charge on any atom is 0.387 e. The van der Waals surface area contributed by atoms with Crippen molar-refractivity contribution < 1.29 is 23.0 Å². The zero-order chi connectivity index (χ0) is 20.4. The molecule has 0 radical (unpaired) electrons. The van der Waals surface area contributed by atoms with Crippen LogP contribution in [0.3, 0.4) is 0 Å². The molecule has 2 aromatic carbocycles. The summed E-state index contributed by atoms with van der Waals surface area (Å²) in [6.45, 7) is -2.98. The van der Waals surface area contributed by atoms with E-state index in [0.717, 1.165) is 18.4 Å². The van der Waals surface area contributed by atoms with Gasteiger partial charge < -0.3 is 14.8 Å². The number of halogens is 2. The van der Waals surface area contributed by atoms with Gasteiger partial charge in [0.2, 0.25) is 0 Å². The predicted molar refractivity (Wildman–Crippen MR) is 99.1 cm³/mol. The second-order valence-electron chi connectivity index (χ2n) is 6.45. The van der Waals surface area contributed by atoms with E-state index in [1.54, 1.807) is 12.1 Å². The molecule has 1 saturated carbocycles. The summed E-state index contributed by atoms with van der Waals surface area (Å²) in [5.74, 6) is 0.171. The molecule has 8 nitrogen and oxygen atoms in total. The van der Waals surface area contributed by atoms with Gasteiger partial charge in [-0.05, 0) is 65.7 Å². The van der Waals surface area contributed by atoms with Crippen molar-refractivity contribution in [2.75, 3.05) is 12.4 Å². The lowest BCUT2D eigenvalue weighted by atomic mass is 10.1. The number of ether oxygens (including phenoxy) is 2. The molecule has 1 amide bonds. The van der Waals surface area contributed by atoms with Gasteiger partial charge in [-0.3, -0.25) is 4.79 Å². The van der Waals surface area contributed by atoms with Crippen LogP contribution in [0.1, 0.15) is 29.2 Å². The molecule has 3 aromatic rings. The van der Waals surface area contributed by atoms with Crippen LogP contribution in [-0.2, 0) is 0 Å². The third-order valence-corrected chi connectivity index (χ3v) is 4.43. The highest BCUT2D eigenvalue weighted by molar-refractivity contribution is 6.04. The normalized spacial score (nSPS) is 13.4. The lowest BCUT2D eigenvalue weighted by Gasteiger charge is -2.12. The highest BCUT2D eigenvalue weighted by Gasteiger charge is 2.28. The van der Waals surface area contributed by atoms with E-state index in [1.807, 2.05) is 16.8 Å². The van der Waals surface area contributed by atoms with Crippen LogP contribution < -0.4 is 14.8 Å². The van der Waals surface area contributed by atoms with Crippen molar-refractivity contribution >= 4 is 11.6 Å². The number of methoxy groups -OCH3 is 1. The van der Waals surface area contributed by atoms with E-state index in [4.69, 9.17) is 4.74 Å². The summed E-state index contributed by atoms with van der Waals surface area (Å²) >= 11 is 0. The van der Waals surface area contributed by atoms with E-state index in [9.17, 15) is 13.6 Å². The van der Waals surface area contributed by atoms with Gasteiger partial charge in [0.1, 0.15) is 0 Å². The van der Waals surface area contributed by atoms with Gasteiger partial charge in [-0.15, -0.1) is 5.10 Å². The SMILES string of the molecule is COc1cc(C(=O)Nc2ccc(-c3nnnn3C3CC3)cc2)ccc1OC(F)F. The van der Waals surface area contributed by atoms with Crippen molar-refractivity contribution in [3.63, 3.8) is 0 Å². The van der Waals surface area contributed by atoms with Crippen LogP contribution in [-0.4, -0.2) is 39.8 Å². The number of amides is 1. The maximum atomic E-state index is 12.5.